The molecule has 0 aliphatic rings. The second-order valence-corrected chi connectivity index (χ2v) is 8.21. The van der Waals surface area contributed by atoms with Gasteiger partial charge in [-0.25, -0.2) is 0 Å². The average Bonchev–Trinajstić information content (AvgIpc) is 2.94. The molecular formula is C29H28N2O5. The Labute approximate surface area is 210 Å². The van der Waals surface area contributed by atoms with Gasteiger partial charge in [0.2, 0.25) is 0 Å². The third-order valence-corrected chi connectivity index (χ3v) is 6.27. The molecule has 0 aliphatic heterocycles. The number of methoxy groups -OCH3 is 3. The Morgan fingerprint density at radius 1 is 0.639 bits per heavy atom. The van der Waals surface area contributed by atoms with Crippen molar-refractivity contribution in [3.05, 3.63) is 129 Å². The number of nitrogens with one attached hydrogen (secondary N) is 1. The second-order valence-electron chi connectivity index (χ2n) is 8.21. The number of ether oxygens (including phenoxy) is 3. The van der Waals surface area contributed by atoms with Crippen LogP contribution in [0.1, 0.15) is 22.3 Å². The van der Waals surface area contributed by atoms with Gasteiger partial charge in [-0.2, -0.15) is 0 Å². The zero-order chi connectivity index (χ0) is 25.5. The predicted octanol–water partition coefficient (Wildman–Crippen LogP) is 5.70. The number of non-ortho nitro benzene ring substituents is 1. The number of hydrogen-bond donors (Lipinski definition) is 1. The molecule has 0 radical (unpaired) electrons. The van der Waals surface area contributed by atoms with Gasteiger partial charge >= 0.3 is 0 Å². The van der Waals surface area contributed by atoms with Gasteiger partial charge in [-0.05, 0) is 58.7 Å². The van der Waals surface area contributed by atoms with Gasteiger partial charge in [0, 0.05) is 18.7 Å². The zero-order valence-electron chi connectivity index (χ0n) is 20.4. The molecule has 184 valence electrons. The van der Waals surface area contributed by atoms with Crippen molar-refractivity contribution in [3.63, 3.8) is 0 Å². The Kier molecular flexibility index (Phi) is 7.51. The lowest BCUT2D eigenvalue weighted by atomic mass is 9.76. The van der Waals surface area contributed by atoms with Crippen LogP contribution in [-0.4, -0.2) is 26.3 Å². The van der Waals surface area contributed by atoms with E-state index in [4.69, 9.17) is 14.2 Å². The Bertz CT molecular complexity index is 1170. The van der Waals surface area contributed by atoms with E-state index in [2.05, 4.69) is 5.32 Å². The first kappa shape index (κ1) is 24.8. The topological polar surface area (TPSA) is 82.9 Å². The maximum Gasteiger partial charge on any atom is 0.269 e. The van der Waals surface area contributed by atoms with E-state index in [-0.39, 0.29) is 5.69 Å². The molecule has 0 atom stereocenters. The molecule has 36 heavy (non-hydrogen) atoms. The van der Waals surface area contributed by atoms with E-state index in [0.717, 1.165) is 39.5 Å². The molecule has 0 spiro atoms. The van der Waals surface area contributed by atoms with Gasteiger partial charge in [-0.1, -0.05) is 48.5 Å². The van der Waals surface area contributed by atoms with Crippen LogP contribution < -0.4 is 19.5 Å². The first-order valence-corrected chi connectivity index (χ1v) is 11.4. The van der Waals surface area contributed by atoms with Crippen molar-refractivity contribution in [2.45, 2.75) is 12.1 Å². The van der Waals surface area contributed by atoms with Crippen LogP contribution in [0.5, 0.6) is 17.2 Å². The summed E-state index contributed by atoms with van der Waals surface area (Å²) in [5.41, 5.74) is 3.22. The summed E-state index contributed by atoms with van der Waals surface area (Å²) in [6.45, 7) is 0.460. The van der Waals surface area contributed by atoms with Gasteiger partial charge in [0.1, 0.15) is 17.2 Å². The highest BCUT2D eigenvalue weighted by Gasteiger charge is 2.36. The minimum Gasteiger partial charge on any atom is -0.497 e. The minimum atomic E-state index is -0.757. The largest absolute Gasteiger partial charge is 0.497 e. The Morgan fingerprint density at radius 2 is 1.00 bits per heavy atom. The molecule has 1 N–H and O–H groups in total. The first-order valence-electron chi connectivity index (χ1n) is 11.4. The molecule has 0 bridgehead atoms. The summed E-state index contributed by atoms with van der Waals surface area (Å²) in [4.78, 5) is 10.7. The van der Waals surface area contributed by atoms with Crippen molar-refractivity contribution in [2.24, 2.45) is 0 Å². The highest BCUT2D eigenvalue weighted by Crippen LogP contribution is 2.39. The van der Waals surface area contributed by atoms with Gasteiger partial charge in [0.15, 0.2) is 0 Å². The molecule has 7 heteroatoms. The molecule has 0 amide bonds. The molecule has 0 saturated heterocycles. The van der Waals surface area contributed by atoms with Crippen LogP contribution in [0.15, 0.2) is 97.1 Å². The Hall–Kier alpha value is -4.36. The van der Waals surface area contributed by atoms with E-state index >= 15 is 0 Å². The molecule has 7 nitrogen and oxygen atoms in total. The highest BCUT2D eigenvalue weighted by atomic mass is 16.6. The fourth-order valence-corrected chi connectivity index (χ4v) is 4.30. The fraction of sp³-hybridized carbons (Fsp3) is 0.172. The fourth-order valence-electron chi connectivity index (χ4n) is 4.30. The quantitative estimate of drug-likeness (QED) is 0.177. The number of benzene rings is 4. The predicted molar refractivity (Wildman–Crippen MR) is 139 cm³/mol. The van der Waals surface area contributed by atoms with Gasteiger partial charge in [0.05, 0.1) is 31.8 Å². The molecule has 0 aliphatic carbocycles. The third-order valence-electron chi connectivity index (χ3n) is 6.27. The van der Waals surface area contributed by atoms with Gasteiger partial charge in [-0.15, -0.1) is 0 Å². The van der Waals surface area contributed by atoms with Crippen molar-refractivity contribution in [1.82, 2.24) is 5.32 Å². The number of hydrogen-bond acceptors (Lipinski definition) is 6. The average molecular weight is 485 g/mol. The Morgan fingerprint density at radius 3 is 1.31 bits per heavy atom. The number of nitro groups is 1. The summed E-state index contributed by atoms with van der Waals surface area (Å²) < 4.78 is 16.2. The van der Waals surface area contributed by atoms with E-state index in [9.17, 15) is 10.1 Å². The van der Waals surface area contributed by atoms with Gasteiger partial charge in [-0.3, -0.25) is 15.4 Å². The molecular weight excluding hydrogens is 456 g/mol. The summed E-state index contributed by atoms with van der Waals surface area (Å²) in [5.74, 6) is 2.27. The molecule has 4 rings (SSSR count). The van der Waals surface area contributed by atoms with E-state index < -0.39 is 10.5 Å². The number of nitro benzene ring substituents is 1. The SMILES string of the molecule is COc1ccc(C(NCc2ccc([N+](=O)[O-])cc2)(c2ccc(OC)cc2)c2ccc(OC)cc2)cc1. The molecule has 4 aromatic carbocycles. The van der Waals surface area contributed by atoms with Gasteiger partial charge < -0.3 is 14.2 Å². The van der Waals surface area contributed by atoms with Crippen LogP contribution in [0.4, 0.5) is 5.69 Å². The maximum atomic E-state index is 11.1. The summed E-state index contributed by atoms with van der Waals surface area (Å²) in [6.07, 6.45) is 0. The molecule has 0 fully saturated rings. The second kappa shape index (κ2) is 10.9. The lowest BCUT2D eigenvalue weighted by Gasteiger charge is -2.37. The lowest BCUT2D eigenvalue weighted by molar-refractivity contribution is -0.384. The van der Waals surface area contributed by atoms with E-state index in [1.54, 1.807) is 33.5 Å². The number of nitrogens with zero attached hydrogens (tertiary/aromatic N) is 1. The van der Waals surface area contributed by atoms with Crippen LogP contribution in [0.2, 0.25) is 0 Å². The Balaban J connectivity index is 1.87. The summed E-state index contributed by atoms with van der Waals surface area (Å²) in [7, 11) is 4.92. The van der Waals surface area contributed by atoms with Gasteiger partial charge in [0.25, 0.3) is 5.69 Å². The van der Waals surface area contributed by atoms with Crippen molar-refractivity contribution >= 4 is 5.69 Å². The maximum absolute atomic E-state index is 11.1. The zero-order valence-corrected chi connectivity index (χ0v) is 20.4. The first-order chi connectivity index (χ1) is 17.5. The van der Waals surface area contributed by atoms with Crippen molar-refractivity contribution in [3.8, 4) is 17.2 Å². The van der Waals surface area contributed by atoms with Crippen LogP contribution >= 0.6 is 0 Å². The number of rotatable bonds is 10. The summed E-state index contributed by atoms with van der Waals surface area (Å²) in [6, 6.07) is 30.4. The van der Waals surface area contributed by atoms with Crippen LogP contribution in [0.25, 0.3) is 0 Å². The molecule has 0 aromatic heterocycles. The van der Waals surface area contributed by atoms with Crippen molar-refractivity contribution < 1.29 is 19.1 Å². The summed E-state index contributed by atoms with van der Waals surface area (Å²) in [5, 5.41) is 14.9. The molecule has 0 saturated carbocycles. The monoisotopic (exact) mass is 484 g/mol. The van der Waals surface area contributed by atoms with E-state index in [1.807, 2.05) is 72.8 Å². The van der Waals surface area contributed by atoms with Crippen molar-refractivity contribution in [2.75, 3.05) is 21.3 Å². The highest BCUT2D eigenvalue weighted by molar-refractivity contribution is 5.52. The normalized spacial score (nSPS) is 11.1. The van der Waals surface area contributed by atoms with E-state index in [1.165, 1.54) is 12.1 Å². The molecule has 0 heterocycles. The molecule has 4 aromatic rings. The minimum absolute atomic E-state index is 0.0606. The standard InChI is InChI=1S/C29H28N2O5/c1-34-26-14-6-22(7-15-26)29(23-8-16-27(35-2)17-9-23,24-10-18-28(36-3)19-11-24)30-20-21-4-12-25(13-5-21)31(32)33/h4-19,30H,20H2,1-3H3. The van der Waals surface area contributed by atoms with Crippen LogP contribution in [0, 0.1) is 10.1 Å². The van der Waals surface area contributed by atoms with Crippen LogP contribution in [0.3, 0.4) is 0 Å². The van der Waals surface area contributed by atoms with Crippen LogP contribution in [-0.2, 0) is 12.1 Å². The summed E-state index contributed by atoms with van der Waals surface area (Å²) >= 11 is 0. The third kappa shape index (κ3) is 5.01. The smallest absolute Gasteiger partial charge is 0.269 e. The van der Waals surface area contributed by atoms with E-state index in [0.29, 0.717) is 6.54 Å². The molecule has 0 unspecified atom stereocenters. The van der Waals surface area contributed by atoms with Crippen molar-refractivity contribution in [1.29, 1.82) is 0 Å². The lowest BCUT2D eigenvalue weighted by Crippen LogP contribution is -2.44.